The second-order valence-electron chi connectivity index (χ2n) is 10.5. The molecule has 15 heteroatoms. The van der Waals surface area contributed by atoms with Crippen molar-refractivity contribution >= 4 is 53.9 Å². The molecule has 2 saturated carbocycles. The molecule has 1 saturated heterocycles. The molecule has 1 amide bonds. The summed E-state index contributed by atoms with van der Waals surface area (Å²) in [5, 5.41) is 4.46. The zero-order valence-corrected chi connectivity index (χ0v) is 23.0. The van der Waals surface area contributed by atoms with Crippen molar-refractivity contribution in [2.24, 2.45) is 28.1 Å². The molecule has 10 nitrogen and oxygen atoms in total. The van der Waals surface area contributed by atoms with E-state index in [1.165, 1.54) is 16.3 Å². The quantitative estimate of drug-likeness (QED) is 0.486. The van der Waals surface area contributed by atoms with Gasteiger partial charge in [0.05, 0.1) is 6.26 Å². The molecular formula is C24H24F2N4O6S3. The number of hydrogen-bond donors (Lipinski definition) is 2. The lowest BCUT2D eigenvalue weighted by atomic mass is 9.73. The number of nitrogens with zero attached hydrogens (tertiary/aromatic N) is 2. The first-order valence-corrected chi connectivity index (χ1v) is 16.5. The molecule has 2 bridgehead atoms. The summed E-state index contributed by atoms with van der Waals surface area (Å²) in [5.74, 6) is -5.28. The number of anilines is 1. The molecule has 39 heavy (non-hydrogen) atoms. The van der Waals surface area contributed by atoms with Crippen LogP contribution < -0.4 is 10.0 Å². The van der Waals surface area contributed by atoms with Gasteiger partial charge >= 0.3 is 0 Å². The molecule has 5 atom stereocenters. The fraction of sp³-hybridized carbons (Fsp3) is 0.458. The Morgan fingerprint density at radius 1 is 1.18 bits per heavy atom. The van der Waals surface area contributed by atoms with Crippen molar-refractivity contribution in [3.8, 4) is 0 Å². The smallest absolute Gasteiger partial charge is 0.287 e. The molecule has 6 rings (SSSR count). The van der Waals surface area contributed by atoms with E-state index < -0.39 is 55.5 Å². The summed E-state index contributed by atoms with van der Waals surface area (Å²) in [6.45, 7) is -0.331. The number of thiophene rings is 1. The number of hydrogen-bond acceptors (Lipinski definition) is 8. The van der Waals surface area contributed by atoms with Gasteiger partial charge in [0.1, 0.15) is 15.7 Å². The molecule has 4 aliphatic rings. The van der Waals surface area contributed by atoms with Gasteiger partial charge in [-0.3, -0.25) is 9.59 Å². The van der Waals surface area contributed by atoms with Crippen molar-refractivity contribution in [2.45, 2.75) is 43.3 Å². The molecule has 1 aromatic heterocycles. The van der Waals surface area contributed by atoms with E-state index in [9.17, 15) is 35.2 Å². The SMILES string of the molecule is CS(=O)(=O)NCc1csc2c1S(=O)(=O)N=C(C1C(=O)[C@@H]3[C@H]4CC[C@H](C4)[C@@H]3N(Cc3ccc(F)c(F)c3)C1=O)N2. The maximum absolute atomic E-state index is 14.0. The molecule has 0 radical (unpaired) electrons. The third kappa shape index (κ3) is 4.48. The molecule has 208 valence electrons. The summed E-state index contributed by atoms with van der Waals surface area (Å²) in [4.78, 5) is 29.0. The summed E-state index contributed by atoms with van der Waals surface area (Å²) in [7, 11) is -7.97. The summed E-state index contributed by atoms with van der Waals surface area (Å²) < 4.78 is 83.1. The predicted molar refractivity (Wildman–Crippen MR) is 138 cm³/mol. The van der Waals surface area contributed by atoms with Crippen LogP contribution in [-0.4, -0.2) is 51.6 Å². The highest BCUT2D eigenvalue weighted by molar-refractivity contribution is 7.91. The number of piperidine rings is 1. The van der Waals surface area contributed by atoms with E-state index in [-0.39, 0.29) is 52.0 Å². The second kappa shape index (κ2) is 9.14. The molecule has 3 heterocycles. The largest absolute Gasteiger partial charge is 0.333 e. The molecule has 0 spiro atoms. The second-order valence-corrected chi connectivity index (χ2v) is 14.7. The number of benzene rings is 1. The highest BCUT2D eigenvalue weighted by Gasteiger charge is 2.60. The number of amidine groups is 1. The summed E-state index contributed by atoms with van der Waals surface area (Å²) >= 11 is 0.994. The number of likely N-dealkylation sites (tertiary alicyclic amines) is 1. The summed E-state index contributed by atoms with van der Waals surface area (Å²) in [5.41, 5.74) is 0.539. The maximum atomic E-state index is 14.0. The van der Waals surface area contributed by atoms with Gasteiger partial charge in [-0.25, -0.2) is 21.9 Å². The van der Waals surface area contributed by atoms with Gasteiger partial charge in [-0.05, 0) is 54.2 Å². The van der Waals surface area contributed by atoms with E-state index in [0.717, 1.165) is 49.0 Å². The van der Waals surface area contributed by atoms with Crippen molar-refractivity contribution in [2.75, 3.05) is 11.6 Å². The number of rotatable bonds is 6. The van der Waals surface area contributed by atoms with Crippen molar-refractivity contribution < 1.29 is 35.2 Å². The van der Waals surface area contributed by atoms with Crippen LogP contribution in [0.25, 0.3) is 0 Å². The topological polar surface area (TPSA) is 142 Å². The maximum Gasteiger partial charge on any atom is 0.287 e. The van der Waals surface area contributed by atoms with Crippen LogP contribution in [0.1, 0.15) is 30.4 Å². The molecule has 2 aliphatic heterocycles. The van der Waals surface area contributed by atoms with Crippen LogP contribution in [0, 0.1) is 35.3 Å². The van der Waals surface area contributed by atoms with Crippen LogP contribution >= 0.6 is 11.3 Å². The number of carbonyl (C=O) groups excluding carboxylic acids is 2. The number of sulfonamides is 2. The van der Waals surface area contributed by atoms with E-state index in [4.69, 9.17) is 0 Å². The molecular weight excluding hydrogens is 574 g/mol. The normalized spacial score (nSPS) is 29.2. The van der Waals surface area contributed by atoms with Crippen LogP contribution in [0.3, 0.4) is 0 Å². The van der Waals surface area contributed by atoms with Crippen LogP contribution in [0.5, 0.6) is 0 Å². The third-order valence-electron chi connectivity index (χ3n) is 8.05. The lowest BCUT2D eigenvalue weighted by Crippen LogP contribution is -2.61. The fourth-order valence-corrected chi connectivity index (χ4v) is 9.59. The molecule has 1 unspecified atom stereocenters. The van der Waals surface area contributed by atoms with Crippen LogP contribution in [0.4, 0.5) is 13.8 Å². The van der Waals surface area contributed by atoms with E-state index in [0.29, 0.717) is 5.56 Å². The standard InChI is InChI=1S/C24H24F2N4O6S3/c1-38(33,34)27-8-14-10-37-23-21(14)39(35,36)29-22(28-23)18-20(31)17-12-3-4-13(7-12)19(17)30(24(18)32)9-11-2-5-15(25)16(26)6-11/h2,5-6,10,12-13,17-19,27H,3-4,7-9H2,1H3,(H,28,29)/t12-,13+,17+,18?,19-/m0/s1. The Kier molecular flexibility index (Phi) is 6.21. The van der Waals surface area contributed by atoms with Crippen LogP contribution in [0.15, 0.2) is 32.9 Å². The predicted octanol–water partition coefficient (Wildman–Crippen LogP) is 2.23. The number of amides is 1. The highest BCUT2D eigenvalue weighted by atomic mass is 32.2. The molecule has 2 N–H and O–H groups in total. The average Bonchev–Trinajstić information content (AvgIpc) is 3.57. The fourth-order valence-electron chi connectivity index (χ4n) is 6.53. The number of carbonyl (C=O) groups is 2. The Bertz CT molecular complexity index is 1660. The van der Waals surface area contributed by atoms with Crippen molar-refractivity contribution in [3.05, 3.63) is 46.3 Å². The van der Waals surface area contributed by atoms with Crippen molar-refractivity contribution in [1.82, 2.24) is 9.62 Å². The van der Waals surface area contributed by atoms with E-state index >= 15 is 0 Å². The molecule has 1 aromatic carbocycles. The Labute approximate surface area is 227 Å². The number of fused-ring (bicyclic) bond motifs is 6. The summed E-state index contributed by atoms with van der Waals surface area (Å²) in [6, 6.07) is 2.97. The third-order valence-corrected chi connectivity index (χ3v) is 11.2. The molecule has 2 aromatic rings. The number of nitrogens with one attached hydrogen (secondary N) is 2. The Hall–Kier alpha value is -2.75. The van der Waals surface area contributed by atoms with Gasteiger partial charge in [-0.15, -0.1) is 15.7 Å². The zero-order chi connectivity index (χ0) is 27.9. The van der Waals surface area contributed by atoms with Gasteiger partial charge in [-0.1, -0.05) is 6.07 Å². The number of halogens is 2. The Balaban J connectivity index is 1.36. The zero-order valence-electron chi connectivity index (χ0n) is 20.6. The first-order valence-electron chi connectivity index (χ1n) is 12.3. The first-order chi connectivity index (χ1) is 18.3. The molecule has 3 fully saturated rings. The van der Waals surface area contributed by atoms with Gasteiger partial charge in [0, 0.05) is 30.6 Å². The lowest BCUT2D eigenvalue weighted by molar-refractivity contribution is -0.153. The molecule has 2 aliphatic carbocycles. The monoisotopic (exact) mass is 598 g/mol. The van der Waals surface area contributed by atoms with Gasteiger partial charge in [0.25, 0.3) is 10.0 Å². The Morgan fingerprint density at radius 2 is 1.92 bits per heavy atom. The number of Topliss-reactive ketones (excluding diaryl/α,β-unsaturated/α-hetero) is 1. The van der Waals surface area contributed by atoms with Gasteiger partial charge < -0.3 is 10.2 Å². The number of ketones is 1. The van der Waals surface area contributed by atoms with Gasteiger partial charge in [0.2, 0.25) is 15.9 Å². The highest BCUT2D eigenvalue weighted by Crippen LogP contribution is 2.54. The van der Waals surface area contributed by atoms with E-state index in [2.05, 4.69) is 14.4 Å². The summed E-state index contributed by atoms with van der Waals surface area (Å²) in [6.07, 6.45) is 3.38. The van der Waals surface area contributed by atoms with Crippen LogP contribution in [-0.2, 0) is 42.7 Å². The van der Waals surface area contributed by atoms with E-state index in [1.807, 2.05) is 0 Å². The van der Waals surface area contributed by atoms with Gasteiger partial charge in [0.15, 0.2) is 23.3 Å². The van der Waals surface area contributed by atoms with Crippen molar-refractivity contribution in [1.29, 1.82) is 0 Å². The van der Waals surface area contributed by atoms with Crippen LogP contribution in [0.2, 0.25) is 0 Å². The average molecular weight is 599 g/mol. The van der Waals surface area contributed by atoms with Gasteiger partial charge in [-0.2, -0.15) is 8.42 Å². The minimum Gasteiger partial charge on any atom is -0.333 e. The van der Waals surface area contributed by atoms with Crippen molar-refractivity contribution in [3.63, 3.8) is 0 Å². The van der Waals surface area contributed by atoms with E-state index in [1.54, 1.807) is 0 Å². The lowest BCUT2D eigenvalue weighted by Gasteiger charge is -2.45. The minimum atomic E-state index is -4.37. The Morgan fingerprint density at radius 3 is 2.64 bits per heavy atom. The minimum absolute atomic E-state index is 0.0438. The first kappa shape index (κ1) is 26.5.